The van der Waals surface area contributed by atoms with E-state index >= 15 is 0 Å². The average molecular weight is 503 g/mol. The number of nitrogens with one attached hydrogen (secondary N) is 1. The molecule has 2 N–H and O–H groups in total. The van der Waals surface area contributed by atoms with E-state index in [1.54, 1.807) is 35.2 Å². The van der Waals surface area contributed by atoms with Crippen LogP contribution in [0.3, 0.4) is 0 Å². The molecule has 2 aliphatic rings. The first-order valence-electron chi connectivity index (χ1n) is 10.6. The quantitative estimate of drug-likeness (QED) is 0.649. The van der Waals surface area contributed by atoms with Gasteiger partial charge >= 0.3 is 12.1 Å². The van der Waals surface area contributed by atoms with Crippen molar-refractivity contribution in [3.05, 3.63) is 42.0 Å². The maximum atomic E-state index is 13.2. The van der Waals surface area contributed by atoms with Gasteiger partial charge in [0.2, 0.25) is 10.0 Å². The van der Waals surface area contributed by atoms with Gasteiger partial charge in [-0.05, 0) is 36.8 Å². The third kappa shape index (κ3) is 5.76. The van der Waals surface area contributed by atoms with Crippen LogP contribution in [-0.4, -0.2) is 58.5 Å². The molecular formula is C21H25F3N4O5S. The smallest absolute Gasteiger partial charge is 0.475 e. The fourth-order valence-electron chi connectivity index (χ4n) is 3.40. The molecule has 1 aromatic carbocycles. The van der Waals surface area contributed by atoms with Gasteiger partial charge in [-0.15, -0.1) is 0 Å². The minimum absolute atomic E-state index is 0.126. The van der Waals surface area contributed by atoms with Crippen molar-refractivity contribution >= 4 is 21.9 Å². The van der Waals surface area contributed by atoms with E-state index in [4.69, 9.17) is 9.90 Å². The van der Waals surface area contributed by atoms with Crippen LogP contribution >= 0.6 is 0 Å². The van der Waals surface area contributed by atoms with Crippen molar-refractivity contribution in [3.8, 4) is 5.69 Å². The summed E-state index contributed by atoms with van der Waals surface area (Å²) in [7, 11) is -3.66. The first kappa shape index (κ1) is 25.7. The summed E-state index contributed by atoms with van der Waals surface area (Å²) in [5.41, 5.74) is 1.45. The molecule has 1 aliphatic heterocycles. The molecule has 0 atom stereocenters. The van der Waals surface area contributed by atoms with Gasteiger partial charge < -0.3 is 10.4 Å². The number of imidazole rings is 1. The van der Waals surface area contributed by atoms with Gasteiger partial charge in [0, 0.05) is 13.1 Å². The first-order valence-corrected chi connectivity index (χ1v) is 12.0. The van der Waals surface area contributed by atoms with Crippen LogP contribution in [0.4, 0.5) is 13.2 Å². The number of para-hydroxylation sites is 1. The fourth-order valence-corrected chi connectivity index (χ4v) is 5.15. The summed E-state index contributed by atoms with van der Waals surface area (Å²) < 4.78 is 61.4. The van der Waals surface area contributed by atoms with Crippen molar-refractivity contribution in [2.45, 2.75) is 44.3 Å². The molecule has 2 aromatic rings. The monoisotopic (exact) mass is 502 g/mol. The normalized spacial score (nSPS) is 17.1. The minimum Gasteiger partial charge on any atom is -0.475 e. The van der Waals surface area contributed by atoms with Crippen molar-refractivity contribution in [2.75, 3.05) is 13.1 Å². The van der Waals surface area contributed by atoms with Crippen LogP contribution in [0, 0.1) is 11.8 Å². The molecule has 1 aromatic heterocycles. The molecule has 9 nitrogen and oxygen atoms in total. The Kier molecular flexibility index (Phi) is 7.36. The third-order valence-corrected chi connectivity index (χ3v) is 7.07. The van der Waals surface area contributed by atoms with Gasteiger partial charge in [0.15, 0.2) is 5.69 Å². The zero-order valence-electron chi connectivity index (χ0n) is 18.5. The highest BCUT2D eigenvalue weighted by Crippen LogP contribution is 2.32. The minimum atomic E-state index is -5.08. The Hall–Kier alpha value is -2.93. The van der Waals surface area contributed by atoms with Crippen molar-refractivity contribution in [1.29, 1.82) is 0 Å². The number of aromatic nitrogens is 2. The Morgan fingerprint density at radius 3 is 2.41 bits per heavy atom. The van der Waals surface area contributed by atoms with Crippen molar-refractivity contribution in [1.82, 2.24) is 19.2 Å². The largest absolute Gasteiger partial charge is 0.490 e. The van der Waals surface area contributed by atoms with E-state index in [-0.39, 0.29) is 23.3 Å². The molecular weight excluding hydrogens is 477 g/mol. The highest BCUT2D eigenvalue weighted by molar-refractivity contribution is 7.89. The fraction of sp³-hybridized carbons (Fsp3) is 0.476. The van der Waals surface area contributed by atoms with E-state index < -0.39 is 22.2 Å². The van der Waals surface area contributed by atoms with E-state index in [2.05, 4.69) is 10.3 Å². The Bertz CT molecular complexity index is 1170. The number of benzene rings is 1. The second kappa shape index (κ2) is 9.74. The second-order valence-electron chi connectivity index (χ2n) is 8.53. The Morgan fingerprint density at radius 2 is 1.85 bits per heavy atom. The molecule has 1 saturated carbocycles. The lowest BCUT2D eigenvalue weighted by molar-refractivity contribution is -0.192. The molecule has 1 aliphatic carbocycles. The van der Waals surface area contributed by atoms with Gasteiger partial charge in [0.25, 0.3) is 5.91 Å². The predicted molar refractivity (Wildman–Crippen MR) is 115 cm³/mol. The maximum Gasteiger partial charge on any atom is 0.490 e. The Balaban J connectivity index is 0.000000406. The van der Waals surface area contributed by atoms with Crippen LogP contribution in [0.5, 0.6) is 0 Å². The lowest BCUT2D eigenvalue weighted by Gasteiger charge is -2.22. The number of rotatable bonds is 5. The highest BCUT2D eigenvalue weighted by atomic mass is 32.2. The number of hydrogen-bond acceptors (Lipinski definition) is 5. The molecule has 2 heterocycles. The van der Waals surface area contributed by atoms with Gasteiger partial charge in [0.05, 0.1) is 17.9 Å². The topological polar surface area (TPSA) is 122 Å². The third-order valence-electron chi connectivity index (χ3n) is 5.21. The van der Waals surface area contributed by atoms with Crippen LogP contribution in [-0.2, 0) is 21.4 Å². The maximum absolute atomic E-state index is 13.2. The zero-order chi connectivity index (χ0) is 25.3. The van der Waals surface area contributed by atoms with Crippen molar-refractivity contribution in [2.24, 2.45) is 11.8 Å². The number of fused-ring (bicyclic) bond motifs is 3. The van der Waals surface area contributed by atoms with Crippen molar-refractivity contribution in [3.63, 3.8) is 0 Å². The van der Waals surface area contributed by atoms with Gasteiger partial charge in [-0.3, -0.25) is 9.36 Å². The van der Waals surface area contributed by atoms with Crippen LogP contribution in [0.25, 0.3) is 5.69 Å². The van der Waals surface area contributed by atoms with Gasteiger partial charge in [-0.2, -0.15) is 17.5 Å². The number of amides is 1. The lowest BCUT2D eigenvalue weighted by atomic mass is 10.2. The number of carbonyl (C=O) groups excluding carboxylic acids is 1. The molecule has 34 heavy (non-hydrogen) atoms. The standard InChI is InChI=1S/C19H24N4O3S.C2HF3O2/c1-13(2)10-22-11-16-18(19(24)20-9-14-7-8-14)21-12-23(16)15-5-3-4-6-17(15)27(22,25)26;3-2(4,5)1(6)7/h3-6,12-14H,7-11H2,1-2H3,(H,20,24);(H,6,7). The van der Waals surface area contributed by atoms with E-state index in [0.29, 0.717) is 36.1 Å². The van der Waals surface area contributed by atoms with Crippen LogP contribution in [0.1, 0.15) is 42.9 Å². The van der Waals surface area contributed by atoms with Crippen LogP contribution in [0.2, 0.25) is 0 Å². The van der Waals surface area contributed by atoms with E-state index in [1.807, 2.05) is 13.8 Å². The van der Waals surface area contributed by atoms with E-state index in [9.17, 15) is 26.4 Å². The summed E-state index contributed by atoms with van der Waals surface area (Å²) in [5, 5.41) is 10.1. The number of carboxylic acid groups (broad SMARTS) is 1. The molecule has 4 rings (SSSR count). The first-order chi connectivity index (χ1) is 15.8. The molecule has 0 saturated heterocycles. The number of nitrogens with zero attached hydrogens (tertiary/aromatic N) is 3. The Morgan fingerprint density at radius 1 is 1.24 bits per heavy atom. The van der Waals surface area contributed by atoms with E-state index in [1.165, 1.54) is 4.31 Å². The van der Waals surface area contributed by atoms with Gasteiger partial charge in [0.1, 0.15) is 11.2 Å². The average Bonchev–Trinajstić information content (AvgIpc) is 3.50. The van der Waals surface area contributed by atoms with Crippen LogP contribution < -0.4 is 5.32 Å². The van der Waals surface area contributed by atoms with E-state index in [0.717, 1.165) is 12.8 Å². The lowest BCUT2D eigenvalue weighted by Crippen LogP contribution is -2.34. The number of halogens is 3. The molecule has 0 radical (unpaired) electrons. The van der Waals surface area contributed by atoms with Crippen molar-refractivity contribution < 1.29 is 36.3 Å². The summed E-state index contributed by atoms with van der Waals surface area (Å²) in [6.45, 7) is 5.11. The SMILES string of the molecule is CC(C)CN1Cc2c(C(=O)NCC3CC3)ncn2-c2ccccc2S1(=O)=O.O=C(O)C(F)(F)F. The summed E-state index contributed by atoms with van der Waals surface area (Å²) in [6.07, 6.45) is -1.24. The molecule has 0 bridgehead atoms. The number of carbonyl (C=O) groups is 2. The Labute approximate surface area is 194 Å². The molecule has 1 amide bonds. The zero-order valence-corrected chi connectivity index (χ0v) is 19.4. The number of hydrogen-bond donors (Lipinski definition) is 2. The number of alkyl halides is 3. The summed E-state index contributed by atoms with van der Waals surface area (Å²) in [6, 6.07) is 6.88. The summed E-state index contributed by atoms with van der Waals surface area (Å²) >= 11 is 0. The van der Waals surface area contributed by atoms with Gasteiger partial charge in [-0.25, -0.2) is 18.2 Å². The molecule has 0 unspecified atom stereocenters. The summed E-state index contributed by atoms with van der Waals surface area (Å²) in [4.78, 5) is 26.1. The second-order valence-corrected chi connectivity index (χ2v) is 10.4. The molecule has 13 heteroatoms. The van der Waals surface area contributed by atoms with Crippen LogP contribution in [0.15, 0.2) is 35.5 Å². The number of carboxylic acids is 1. The number of sulfonamides is 1. The summed E-state index contributed by atoms with van der Waals surface area (Å²) in [5.74, 6) is -2.27. The predicted octanol–water partition coefficient (Wildman–Crippen LogP) is 2.81. The van der Waals surface area contributed by atoms with Gasteiger partial charge in [-0.1, -0.05) is 26.0 Å². The molecule has 1 fully saturated rings. The molecule has 0 spiro atoms. The number of aliphatic carboxylic acids is 1. The highest BCUT2D eigenvalue weighted by Gasteiger charge is 2.38. The molecule has 186 valence electrons.